The van der Waals surface area contributed by atoms with Gasteiger partial charge in [-0.1, -0.05) is 36.4 Å². The Labute approximate surface area is 159 Å². The summed E-state index contributed by atoms with van der Waals surface area (Å²) in [7, 11) is 3.15. The Morgan fingerprint density at radius 2 is 1.52 bits per heavy atom. The van der Waals surface area contributed by atoms with E-state index < -0.39 is 17.9 Å². The third-order valence-corrected chi connectivity index (χ3v) is 4.52. The first-order valence-electron chi connectivity index (χ1n) is 8.74. The summed E-state index contributed by atoms with van der Waals surface area (Å²) in [4.78, 5) is 39.6. The highest BCUT2D eigenvalue weighted by atomic mass is 16.4. The highest BCUT2D eigenvalue weighted by Gasteiger charge is 2.28. The molecule has 1 unspecified atom stereocenters. The lowest BCUT2D eigenvalue weighted by Crippen LogP contribution is -2.43. The van der Waals surface area contributed by atoms with Crippen LogP contribution in [0, 0.1) is 0 Å². The third-order valence-electron chi connectivity index (χ3n) is 4.52. The predicted molar refractivity (Wildman–Crippen MR) is 103 cm³/mol. The molecule has 142 valence electrons. The van der Waals surface area contributed by atoms with Crippen LogP contribution in [0.1, 0.15) is 33.2 Å². The number of benzene rings is 2. The van der Waals surface area contributed by atoms with Crippen LogP contribution in [0.3, 0.4) is 0 Å². The Hall–Kier alpha value is -3.15. The lowest BCUT2D eigenvalue weighted by molar-refractivity contribution is -0.141. The van der Waals surface area contributed by atoms with Crippen molar-refractivity contribution >= 4 is 17.8 Å². The number of carboxylic acids is 1. The molecule has 0 bridgehead atoms. The zero-order chi connectivity index (χ0) is 20.0. The molecule has 0 fully saturated rings. The van der Waals surface area contributed by atoms with Gasteiger partial charge in [0.25, 0.3) is 11.8 Å². The molecule has 0 spiro atoms. The first kappa shape index (κ1) is 20.2. The number of carboxylic acid groups (broad SMARTS) is 1. The van der Waals surface area contributed by atoms with Crippen LogP contribution in [0.15, 0.2) is 54.6 Å². The van der Waals surface area contributed by atoms with Gasteiger partial charge in [-0.2, -0.15) is 0 Å². The minimum atomic E-state index is -1.08. The van der Waals surface area contributed by atoms with Gasteiger partial charge in [0.05, 0.1) is 0 Å². The zero-order valence-corrected chi connectivity index (χ0v) is 15.8. The summed E-state index contributed by atoms with van der Waals surface area (Å²) >= 11 is 0. The number of hydrogen-bond acceptors (Lipinski definition) is 3. The topological polar surface area (TPSA) is 77.9 Å². The maximum atomic E-state index is 12.8. The molecule has 2 amide bonds. The van der Waals surface area contributed by atoms with Gasteiger partial charge in [-0.15, -0.1) is 0 Å². The lowest BCUT2D eigenvalue weighted by atomic mass is 10.0. The van der Waals surface area contributed by atoms with E-state index in [-0.39, 0.29) is 17.9 Å². The first-order valence-corrected chi connectivity index (χ1v) is 8.74. The van der Waals surface area contributed by atoms with Crippen molar-refractivity contribution in [2.75, 3.05) is 20.6 Å². The molecular weight excluding hydrogens is 344 g/mol. The molecule has 0 aliphatic heterocycles. The van der Waals surface area contributed by atoms with E-state index in [4.69, 9.17) is 0 Å². The molecule has 27 heavy (non-hydrogen) atoms. The fraction of sp³-hybridized carbons (Fsp3) is 0.286. The summed E-state index contributed by atoms with van der Waals surface area (Å²) in [6.45, 7) is 2.41. The molecule has 0 aromatic heterocycles. The maximum Gasteiger partial charge on any atom is 0.326 e. The van der Waals surface area contributed by atoms with E-state index in [1.807, 2.05) is 37.3 Å². The average molecular weight is 368 g/mol. The van der Waals surface area contributed by atoms with Gasteiger partial charge in [0, 0.05) is 38.2 Å². The van der Waals surface area contributed by atoms with Crippen LogP contribution in [0.4, 0.5) is 0 Å². The smallest absolute Gasteiger partial charge is 0.326 e. The number of carbonyl (C=O) groups excluding carboxylic acids is 2. The molecule has 1 atom stereocenters. The predicted octanol–water partition coefficient (Wildman–Crippen LogP) is 2.55. The molecule has 0 saturated carbocycles. The van der Waals surface area contributed by atoms with E-state index in [0.717, 1.165) is 5.56 Å². The molecule has 0 aliphatic rings. The van der Waals surface area contributed by atoms with Crippen molar-refractivity contribution in [1.82, 2.24) is 9.80 Å². The van der Waals surface area contributed by atoms with Gasteiger partial charge >= 0.3 is 5.97 Å². The van der Waals surface area contributed by atoms with Crippen LogP contribution in [0.25, 0.3) is 0 Å². The number of amides is 2. The first-order chi connectivity index (χ1) is 12.8. The Bertz CT molecular complexity index is 820. The van der Waals surface area contributed by atoms with E-state index in [9.17, 15) is 19.5 Å². The van der Waals surface area contributed by atoms with Crippen LogP contribution in [0.5, 0.6) is 0 Å². The van der Waals surface area contributed by atoms with Crippen molar-refractivity contribution in [3.63, 3.8) is 0 Å². The van der Waals surface area contributed by atoms with Crippen molar-refractivity contribution in [3.05, 3.63) is 71.3 Å². The number of rotatable bonds is 7. The second-order valence-corrected chi connectivity index (χ2v) is 6.36. The Kier molecular flexibility index (Phi) is 6.71. The SMILES string of the molecule is CCN(C)C(=O)c1cccc(C(=O)N(C)C(Cc2ccccc2)C(=O)O)c1. The van der Waals surface area contributed by atoms with Crippen molar-refractivity contribution in [2.24, 2.45) is 0 Å². The Balaban J connectivity index is 2.24. The Morgan fingerprint density at radius 1 is 0.926 bits per heavy atom. The van der Waals surface area contributed by atoms with Gasteiger partial charge in [-0.3, -0.25) is 9.59 Å². The molecular formula is C21H24N2O4. The second kappa shape index (κ2) is 8.98. The summed E-state index contributed by atoms with van der Waals surface area (Å²) in [5.41, 5.74) is 1.51. The minimum Gasteiger partial charge on any atom is -0.480 e. The summed E-state index contributed by atoms with van der Waals surface area (Å²) in [6, 6.07) is 14.5. The Morgan fingerprint density at radius 3 is 2.07 bits per heavy atom. The molecule has 2 aromatic rings. The van der Waals surface area contributed by atoms with Crippen LogP contribution in [-0.4, -0.2) is 59.4 Å². The fourth-order valence-electron chi connectivity index (χ4n) is 2.72. The molecule has 0 heterocycles. The molecule has 6 nitrogen and oxygen atoms in total. The fourth-order valence-corrected chi connectivity index (χ4v) is 2.72. The van der Waals surface area contributed by atoms with E-state index in [1.165, 1.54) is 18.0 Å². The van der Waals surface area contributed by atoms with Crippen molar-refractivity contribution in [1.29, 1.82) is 0 Å². The van der Waals surface area contributed by atoms with Crippen LogP contribution in [0.2, 0.25) is 0 Å². The van der Waals surface area contributed by atoms with Gasteiger partial charge in [-0.25, -0.2) is 4.79 Å². The molecule has 2 rings (SSSR count). The van der Waals surface area contributed by atoms with Crippen LogP contribution in [-0.2, 0) is 11.2 Å². The van der Waals surface area contributed by atoms with Crippen LogP contribution < -0.4 is 0 Å². The summed E-state index contributed by atoms with van der Waals surface area (Å²) < 4.78 is 0. The standard InChI is InChI=1S/C21H24N2O4/c1-4-22(2)19(24)16-11-8-12-17(14-16)20(25)23(3)18(21(26)27)13-15-9-6-5-7-10-15/h5-12,14,18H,4,13H2,1-3H3,(H,26,27). The third kappa shape index (κ3) is 4.94. The van der Waals surface area contributed by atoms with E-state index in [0.29, 0.717) is 12.1 Å². The summed E-state index contributed by atoms with van der Waals surface area (Å²) in [5.74, 6) is -1.70. The van der Waals surface area contributed by atoms with Gasteiger partial charge in [0.2, 0.25) is 0 Å². The average Bonchev–Trinajstić information content (AvgIpc) is 2.70. The summed E-state index contributed by atoms with van der Waals surface area (Å²) in [5, 5.41) is 9.59. The van der Waals surface area contributed by atoms with E-state index in [2.05, 4.69) is 0 Å². The number of nitrogens with zero attached hydrogens (tertiary/aromatic N) is 2. The van der Waals surface area contributed by atoms with Gasteiger partial charge in [0.15, 0.2) is 0 Å². The van der Waals surface area contributed by atoms with Gasteiger partial charge in [-0.05, 0) is 30.7 Å². The number of likely N-dealkylation sites (N-methyl/N-ethyl adjacent to an activating group) is 1. The van der Waals surface area contributed by atoms with Gasteiger partial charge in [0.1, 0.15) is 6.04 Å². The van der Waals surface area contributed by atoms with Crippen molar-refractivity contribution in [2.45, 2.75) is 19.4 Å². The molecule has 0 radical (unpaired) electrons. The summed E-state index contributed by atoms with van der Waals surface area (Å²) in [6.07, 6.45) is 0.204. The molecule has 2 aromatic carbocycles. The second-order valence-electron chi connectivity index (χ2n) is 6.36. The quantitative estimate of drug-likeness (QED) is 0.815. The maximum absolute atomic E-state index is 12.8. The normalized spacial score (nSPS) is 11.5. The van der Waals surface area contributed by atoms with Crippen LogP contribution >= 0.6 is 0 Å². The highest BCUT2D eigenvalue weighted by Crippen LogP contribution is 2.14. The molecule has 0 aliphatic carbocycles. The monoisotopic (exact) mass is 368 g/mol. The molecule has 6 heteroatoms. The molecule has 0 saturated heterocycles. The number of hydrogen-bond donors (Lipinski definition) is 1. The van der Waals surface area contributed by atoms with E-state index in [1.54, 1.807) is 30.1 Å². The van der Waals surface area contributed by atoms with Gasteiger partial charge < -0.3 is 14.9 Å². The van der Waals surface area contributed by atoms with Crippen molar-refractivity contribution < 1.29 is 19.5 Å². The lowest BCUT2D eigenvalue weighted by Gasteiger charge is -2.25. The number of aliphatic carboxylic acids is 1. The van der Waals surface area contributed by atoms with E-state index >= 15 is 0 Å². The molecule has 1 N–H and O–H groups in total. The largest absolute Gasteiger partial charge is 0.480 e. The number of carbonyl (C=O) groups is 3. The zero-order valence-electron chi connectivity index (χ0n) is 15.8. The highest BCUT2D eigenvalue weighted by molar-refractivity contribution is 6.00. The minimum absolute atomic E-state index is 0.186. The van der Waals surface area contributed by atoms with Crippen molar-refractivity contribution in [3.8, 4) is 0 Å².